The summed E-state index contributed by atoms with van der Waals surface area (Å²) in [7, 11) is 0. The molecule has 0 bridgehead atoms. The molecule has 0 atom stereocenters. The Hall–Kier alpha value is -1.10. The van der Waals surface area contributed by atoms with Gasteiger partial charge in [-0.3, -0.25) is 4.79 Å². The van der Waals surface area contributed by atoms with Crippen molar-refractivity contribution in [3.63, 3.8) is 0 Å². The molecule has 92 valence electrons. The van der Waals surface area contributed by atoms with E-state index in [9.17, 15) is 4.79 Å². The normalized spacial score (nSPS) is 19.3. The summed E-state index contributed by atoms with van der Waals surface area (Å²) >= 11 is 1.34. The minimum Gasteiger partial charge on any atom is -0.375 e. The number of hydrogen-bond donors (Lipinski definition) is 1. The predicted octanol–water partition coefficient (Wildman–Crippen LogP) is 1.99. The Labute approximate surface area is 105 Å². The first-order valence-corrected chi connectivity index (χ1v) is 7.10. The average molecular weight is 251 g/mol. The first-order chi connectivity index (χ1) is 8.22. The fourth-order valence-corrected chi connectivity index (χ4v) is 2.55. The van der Waals surface area contributed by atoms with Gasteiger partial charge in [-0.05, 0) is 37.5 Å². The minimum atomic E-state index is 0.0664. The van der Waals surface area contributed by atoms with E-state index in [-0.39, 0.29) is 5.91 Å². The van der Waals surface area contributed by atoms with Crippen LogP contribution in [0, 0.1) is 11.8 Å². The first kappa shape index (κ1) is 11.0. The number of aromatic nitrogens is 1. The highest BCUT2D eigenvalue weighted by Crippen LogP contribution is 2.34. The zero-order chi connectivity index (χ0) is 11.8. The Kier molecular flexibility index (Phi) is 2.78. The molecule has 2 aliphatic rings. The number of thiazole rings is 1. The number of carbonyl (C=O) groups excluding carboxylic acids is 1. The fraction of sp³-hybridized carbons (Fsp3) is 0.667. The van der Waals surface area contributed by atoms with Crippen LogP contribution in [0.4, 0.5) is 5.13 Å². The van der Waals surface area contributed by atoms with Crippen LogP contribution in [0.25, 0.3) is 0 Å². The van der Waals surface area contributed by atoms with E-state index in [1.54, 1.807) is 5.38 Å². The molecule has 0 spiro atoms. The number of amides is 1. The van der Waals surface area contributed by atoms with E-state index in [4.69, 9.17) is 5.73 Å². The quantitative estimate of drug-likeness (QED) is 0.870. The molecule has 0 aliphatic heterocycles. The summed E-state index contributed by atoms with van der Waals surface area (Å²) in [6.45, 7) is 1.82. The third-order valence-electron chi connectivity index (χ3n) is 3.38. The summed E-state index contributed by atoms with van der Waals surface area (Å²) in [5, 5.41) is 2.25. The molecule has 0 saturated heterocycles. The van der Waals surface area contributed by atoms with Gasteiger partial charge in [-0.1, -0.05) is 0 Å². The fourth-order valence-electron chi connectivity index (χ4n) is 2.01. The van der Waals surface area contributed by atoms with Crippen LogP contribution in [-0.2, 0) is 0 Å². The number of hydrogen-bond acceptors (Lipinski definition) is 4. The van der Waals surface area contributed by atoms with Crippen molar-refractivity contribution in [3.8, 4) is 0 Å². The number of anilines is 1. The highest BCUT2D eigenvalue weighted by molar-refractivity contribution is 7.13. The molecule has 1 aromatic rings. The zero-order valence-electron chi connectivity index (χ0n) is 9.76. The van der Waals surface area contributed by atoms with Crippen LogP contribution < -0.4 is 5.73 Å². The highest BCUT2D eigenvalue weighted by atomic mass is 32.1. The van der Waals surface area contributed by atoms with Crippen LogP contribution in [0.2, 0.25) is 0 Å². The van der Waals surface area contributed by atoms with Crippen molar-refractivity contribution < 1.29 is 4.79 Å². The van der Waals surface area contributed by atoms with Crippen LogP contribution in [0.15, 0.2) is 5.38 Å². The Morgan fingerprint density at radius 3 is 2.35 bits per heavy atom. The highest BCUT2D eigenvalue weighted by Gasteiger charge is 2.32. The van der Waals surface area contributed by atoms with Gasteiger partial charge in [-0.2, -0.15) is 0 Å². The summed E-state index contributed by atoms with van der Waals surface area (Å²) in [5.74, 6) is 1.53. The molecule has 0 unspecified atom stereocenters. The van der Waals surface area contributed by atoms with Gasteiger partial charge in [0, 0.05) is 18.5 Å². The van der Waals surface area contributed by atoms with Crippen molar-refractivity contribution in [2.45, 2.75) is 25.7 Å². The molecule has 1 amide bonds. The molecule has 17 heavy (non-hydrogen) atoms. The first-order valence-electron chi connectivity index (χ1n) is 6.22. The molecule has 0 radical (unpaired) electrons. The predicted molar refractivity (Wildman–Crippen MR) is 67.9 cm³/mol. The summed E-state index contributed by atoms with van der Waals surface area (Å²) < 4.78 is 0. The smallest absolute Gasteiger partial charge is 0.273 e. The number of nitrogen functional groups attached to an aromatic ring is 1. The van der Waals surface area contributed by atoms with Gasteiger partial charge >= 0.3 is 0 Å². The summed E-state index contributed by atoms with van der Waals surface area (Å²) in [6.07, 6.45) is 5.09. The molecule has 2 N–H and O–H groups in total. The Morgan fingerprint density at radius 2 is 1.94 bits per heavy atom. The Bertz CT molecular complexity index is 409. The minimum absolute atomic E-state index is 0.0664. The van der Waals surface area contributed by atoms with Crippen LogP contribution in [0.5, 0.6) is 0 Å². The Morgan fingerprint density at radius 1 is 1.35 bits per heavy atom. The number of nitrogens with zero attached hydrogens (tertiary/aromatic N) is 2. The van der Waals surface area contributed by atoms with E-state index in [0.29, 0.717) is 10.8 Å². The summed E-state index contributed by atoms with van der Waals surface area (Å²) in [5.41, 5.74) is 6.10. The van der Waals surface area contributed by atoms with Gasteiger partial charge in [-0.25, -0.2) is 4.98 Å². The molecule has 1 heterocycles. The second-order valence-electron chi connectivity index (χ2n) is 5.17. The lowest BCUT2D eigenvalue weighted by molar-refractivity contribution is 0.0734. The molecule has 2 aliphatic carbocycles. The third-order valence-corrected chi connectivity index (χ3v) is 4.05. The average Bonchev–Trinajstić information content (AvgIpc) is 3.21. The van der Waals surface area contributed by atoms with Crippen molar-refractivity contribution in [1.29, 1.82) is 0 Å². The maximum Gasteiger partial charge on any atom is 0.273 e. The lowest BCUT2D eigenvalue weighted by Gasteiger charge is -2.21. The van der Waals surface area contributed by atoms with E-state index >= 15 is 0 Å². The van der Waals surface area contributed by atoms with Crippen LogP contribution in [0.3, 0.4) is 0 Å². The maximum absolute atomic E-state index is 12.3. The van der Waals surface area contributed by atoms with Crippen molar-refractivity contribution >= 4 is 22.4 Å². The van der Waals surface area contributed by atoms with Gasteiger partial charge in [-0.15, -0.1) is 11.3 Å². The zero-order valence-corrected chi connectivity index (χ0v) is 10.6. The summed E-state index contributed by atoms with van der Waals surface area (Å²) in [6, 6.07) is 0. The maximum atomic E-state index is 12.3. The van der Waals surface area contributed by atoms with Crippen molar-refractivity contribution in [2.75, 3.05) is 18.8 Å². The van der Waals surface area contributed by atoms with E-state index in [1.165, 1.54) is 37.0 Å². The molecule has 4 nitrogen and oxygen atoms in total. The van der Waals surface area contributed by atoms with Gasteiger partial charge in [0.05, 0.1) is 0 Å². The van der Waals surface area contributed by atoms with E-state index in [2.05, 4.69) is 4.98 Å². The standard InChI is InChI=1S/C12H17N3OS/c13-12-14-10(7-17-12)11(16)15(5-8-1-2-8)6-9-3-4-9/h7-9H,1-6H2,(H2,13,14). The lowest BCUT2D eigenvalue weighted by Crippen LogP contribution is -2.34. The van der Waals surface area contributed by atoms with Crippen molar-refractivity contribution in [2.24, 2.45) is 11.8 Å². The second-order valence-corrected chi connectivity index (χ2v) is 6.06. The molecule has 1 aromatic heterocycles. The van der Waals surface area contributed by atoms with Gasteiger partial charge in [0.15, 0.2) is 5.13 Å². The number of carbonyl (C=O) groups is 1. The van der Waals surface area contributed by atoms with Crippen molar-refractivity contribution in [1.82, 2.24) is 9.88 Å². The molecule has 3 rings (SSSR count). The van der Waals surface area contributed by atoms with E-state index < -0.39 is 0 Å². The largest absolute Gasteiger partial charge is 0.375 e. The molecule has 2 fully saturated rings. The van der Waals surface area contributed by atoms with Gasteiger partial charge in [0.25, 0.3) is 5.91 Å². The van der Waals surface area contributed by atoms with Crippen LogP contribution in [-0.4, -0.2) is 28.9 Å². The van der Waals surface area contributed by atoms with Gasteiger partial charge in [0.2, 0.25) is 0 Å². The van der Waals surface area contributed by atoms with E-state index in [1.807, 2.05) is 4.90 Å². The lowest BCUT2D eigenvalue weighted by atomic mass is 10.3. The van der Waals surface area contributed by atoms with Gasteiger partial charge in [0.1, 0.15) is 5.69 Å². The second kappa shape index (κ2) is 4.29. The van der Waals surface area contributed by atoms with Crippen LogP contribution >= 0.6 is 11.3 Å². The van der Waals surface area contributed by atoms with E-state index in [0.717, 1.165) is 24.9 Å². The van der Waals surface area contributed by atoms with Crippen molar-refractivity contribution in [3.05, 3.63) is 11.1 Å². The monoisotopic (exact) mass is 251 g/mol. The molecular weight excluding hydrogens is 234 g/mol. The molecule has 0 aromatic carbocycles. The number of rotatable bonds is 5. The third kappa shape index (κ3) is 2.77. The topological polar surface area (TPSA) is 59.2 Å². The van der Waals surface area contributed by atoms with Crippen LogP contribution in [0.1, 0.15) is 36.2 Å². The molecule has 5 heteroatoms. The number of nitrogens with two attached hydrogens (primary N) is 1. The Balaban J connectivity index is 1.69. The molecular formula is C12H17N3OS. The molecule has 2 saturated carbocycles. The van der Waals surface area contributed by atoms with Gasteiger partial charge < -0.3 is 10.6 Å². The SMILES string of the molecule is Nc1nc(C(=O)N(CC2CC2)CC2CC2)cs1. The summed E-state index contributed by atoms with van der Waals surface area (Å²) in [4.78, 5) is 18.4.